The smallest absolute Gasteiger partial charge is 0.312 e. The van der Waals surface area contributed by atoms with Crippen LogP contribution < -0.4 is 15.8 Å². The van der Waals surface area contributed by atoms with E-state index in [0.717, 1.165) is 11.3 Å². The molecule has 1 aliphatic rings. The lowest BCUT2D eigenvalue weighted by atomic mass is 10.2. The van der Waals surface area contributed by atoms with Crippen LogP contribution in [0.15, 0.2) is 24.3 Å². The van der Waals surface area contributed by atoms with Gasteiger partial charge in [-0.25, -0.2) is 0 Å². The molecule has 0 aromatic heterocycles. The Morgan fingerprint density at radius 3 is 2.90 bits per heavy atom. The number of carbonyl (C=O) groups is 2. The Morgan fingerprint density at radius 1 is 1.40 bits per heavy atom. The zero-order chi connectivity index (χ0) is 14.5. The summed E-state index contributed by atoms with van der Waals surface area (Å²) >= 11 is 4.65. The van der Waals surface area contributed by atoms with Crippen molar-refractivity contribution in [2.75, 3.05) is 19.7 Å². The van der Waals surface area contributed by atoms with E-state index in [-0.39, 0.29) is 11.5 Å². The molecule has 1 heterocycles. The second kappa shape index (κ2) is 6.33. The van der Waals surface area contributed by atoms with Crippen LogP contribution in [-0.2, 0) is 16.1 Å². The van der Waals surface area contributed by atoms with Gasteiger partial charge in [0.1, 0.15) is 12.4 Å². The highest BCUT2D eigenvalue weighted by molar-refractivity contribution is 7.80. The molecule has 0 aliphatic carbocycles. The number of carbonyl (C=O) groups excluding carboxylic acids is 2. The topological polar surface area (TPSA) is 84.7 Å². The molecular formula is C13H15N3O3S. The maximum Gasteiger partial charge on any atom is 0.312 e. The third-order valence-electron chi connectivity index (χ3n) is 2.86. The predicted molar refractivity (Wildman–Crippen MR) is 77.1 cm³/mol. The molecule has 6 nitrogen and oxygen atoms in total. The lowest BCUT2D eigenvalue weighted by Gasteiger charge is -2.18. The first-order valence-corrected chi connectivity index (χ1v) is 6.55. The number of rotatable bonds is 2. The van der Waals surface area contributed by atoms with Crippen LogP contribution >= 0.6 is 12.2 Å². The van der Waals surface area contributed by atoms with Gasteiger partial charge in [0.05, 0.1) is 18.1 Å². The van der Waals surface area contributed by atoms with E-state index < -0.39 is 11.8 Å². The van der Waals surface area contributed by atoms with Gasteiger partial charge < -0.3 is 20.7 Å². The molecule has 0 radical (unpaired) electrons. The van der Waals surface area contributed by atoms with Crippen molar-refractivity contribution in [1.29, 1.82) is 0 Å². The summed E-state index contributed by atoms with van der Waals surface area (Å²) in [5.41, 5.74) is 6.15. The number of benzene rings is 1. The number of amides is 2. The van der Waals surface area contributed by atoms with E-state index in [2.05, 4.69) is 17.5 Å². The van der Waals surface area contributed by atoms with Crippen molar-refractivity contribution in [3.05, 3.63) is 29.8 Å². The Balaban J connectivity index is 2.04. The molecule has 20 heavy (non-hydrogen) atoms. The second-order valence-corrected chi connectivity index (χ2v) is 4.86. The van der Waals surface area contributed by atoms with E-state index in [1.165, 1.54) is 4.90 Å². The Hall–Kier alpha value is -2.15. The third kappa shape index (κ3) is 3.45. The average Bonchev–Trinajstić information content (AvgIpc) is 2.65. The highest BCUT2D eigenvalue weighted by atomic mass is 32.1. The van der Waals surface area contributed by atoms with Crippen molar-refractivity contribution < 1.29 is 14.3 Å². The van der Waals surface area contributed by atoms with Crippen molar-refractivity contribution >= 4 is 29.0 Å². The van der Waals surface area contributed by atoms with Gasteiger partial charge in [0.15, 0.2) is 0 Å². The number of nitrogens with two attached hydrogens (primary N) is 1. The van der Waals surface area contributed by atoms with E-state index in [1.54, 1.807) is 0 Å². The number of ether oxygens (including phenoxy) is 1. The molecule has 2 rings (SSSR count). The molecule has 0 saturated heterocycles. The standard InChI is InChI=1S/C13H15N3O3S/c14-11(20)7-15-12(17)13(18)16-5-6-19-10-4-2-1-3-9(10)8-16/h1-4H,5-8H2,(H2,14,20)(H,15,17). The summed E-state index contributed by atoms with van der Waals surface area (Å²) in [4.78, 5) is 25.3. The van der Waals surface area contributed by atoms with Crippen molar-refractivity contribution in [3.8, 4) is 5.75 Å². The summed E-state index contributed by atoms with van der Waals surface area (Å²) in [7, 11) is 0. The van der Waals surface area contributed by atoms with Crippen molar-refractivity contribution in [3.63, 3.8) is 0 Å². The summed E-state index contributed by atoms with van der Waals surface area (Å²) in [6.07, 6.45) is 0. The summed E-state index contributed by atoms with van der Waals surface area (Å²) in [6.45, 7) is 1.07. The van der Waals surface area contributed by atoms with E-state index in [1.807, 2.05) is 24.3 Å². The Labute approximate surface area is 121 Å². The Morgan fingerprint density at radius 2 is 2.15 bits per heavy atom. The van der Waals surface area contributed by atoms with Gasteiger partial charge in [-0.15, -0.1) is 0 Å². The monoisotopic (exact) mass is 293 g/mol. The minimum Gasteiger partial charge on any atom is -0.491 e. The second-order valence-electron chi connectivity index (χ2n) is 4.33. The van der Waals surface area contributed by atoms with Gasteiger partial charge in [-0.1, -0.05) is 30.4 Å². The van der Waals surface area contributed by atoms with Crippen LogP contribution in [0.25, 0.3) is 0 Å². The molecular weight excluding hydrogens is 278 g/mol. The molecule has 106 valence electrons. The fraction of sp³-hybridized carbons (Fsp3) is 0.308. The normalized spacial score (nSPS) is 13.7. The van der Waals surface area contributed by atoms with Crippen LogP contribution in [0.5, 0.6) is 5.75 Å². The van der Waals surface area contributed by atoms with Crippen LogP contribution in [0.1, 0.15) is 5.56 Å². The van der Waals surface area contributed by atoms with Gasteiger partial charge in [0, 0.05) is 12.1 Å². The number of fused-ring (bicyclic) bond motifs is 1. The average molecular weight is 293 g/mol. The molecule has 0 fully saturated rings. The van der Waals surface area contributed by atoms with Crippen LogP contribution in [-0.4, -0.2) is 41.4 Å². The number of para-hydroxylation sites is 1. The Kier molecular flexibility index (Phi) is 4.52. The summed E-state index contributed by atoms with van der Waals surface area (Å²) in [5.74, 6) is -0.579. The van der Waals surface area contributed by atoms with Gasteiger partial charge in [-0.3, -0.25) is 9.59 Å². The molecule has 0 bridgehead atoms. The SMILES string of the molecule is NC(=S)CNC(=O)C(=O)N1CCOc2ccccc2C1. The summed E-state index contributed by atoms with van der Waals surface area (Å²) < 4.78 is 5.54. The van der Waals surface area contributed by atoms with Crippen LogP contribution in [0.4, 0.5) is 0 Å². The zero-order valence-electron chi connectivity index (χ0n) is 10.8. The number of hydrogen-bond acceptors (Lipinski definition) is 4. The maximum absolute atomic E-state index is 12.0. The fourth-order valence-corrected chi connectivity index (χ4v) is 1.96. The van der Waals surface area contributed by atoms with Crippen LogP contribution in [0.3, 0.4) is 0 Å². The Bertz CT molecular complexity index is 547. The molecule has 0 unspecified atom stereocenters. The largest absolute Gasteiger partial charge is 0.491 e. The van der Waals surface area contributed by atoms with E-state index in [9.17, 15) is 9.59 Å². The summed E-state index contributed by atoms with van der Waals surface area (Å²) in [5, 5.41) is 2.39. The number of nitrogens with one attached hydrogen (secondary N) is 1. The minimum absolute atomic E-state index is 0.0147. The molecule has 3 N–H and O–H groups in total. The van der Waals surface area contributed by atoms with Crippen molar-refractivity contribution in [2.24, 2.45) is 5.73 Å². The van der Waals surface area contributed by atoms with Gasteiger partial charge >= 0.3 is 11.8 Å². The molecule has 2 amide bonds. The molecule has 1 aromatic rings. The third-order valence-corrected chi connectivity index (χ3v) is 3.00. The van der Waals surface area contributed by atoms with Crippen molar-refractivity contribution in [1.82, 2.24) is 10.2 Å². The molecule has 0 spiro atoms. The van der Waals surface area contributed by atoms with Crippen LogP contribution in [0.2, 0.25) is 0 Å². The predicted octanol–water partition coefficient (Wildman–Crippen LogP) is -0.190. The number of hydrogen-bond donors (Lipinski definition) is 2. The molecule has 1 aliphatic heterocycles. The number of nitrogens with zero attached hydrogens (tertiary/aromatic N) is 1. The van der Waals surface area contributed by atoms with Gasteiger partial charge in [0.25, 0.3) is 0 Å². The highest BCUT2D eigenvalue weighted by Crippen LogP contribution is 2.22. The van der Waals surface area contributed by atoms with E-state index in [0.29, 0.717) is 19.7 Å². The summed E-state index contributed by atoms with van der Waals surface area (Å²) in [6, 6.07) is 7.44. The van der Waals surface area contributed by atoms with E-state index >= 15 is 0 Å². The van der Waals surface area contributed by atoms with Gasteiger partial charge in [0.2, 0.25) is 0 Å². The first kappa shape index (κ1) is 14.3. The van der Waals surface area contributed by atoms with E-state index in [4.69, 9.17) is 10.5 Å². The van der Waals surface area contributed by atoms with Crippen LogP contribution in [0, 0.1) is 0 Å². The lowest BCUT2D eigenvalue weighted by molar-refractivity contribution is -0.146. The minimum atomic E-state index is -0.711. The lowest BCUT2D eigenvalue weighted by Crippen LogP contribution is -2.45. The first-order valence-electron chi connectivity index (χ1n) is 6.14. The fourth-order valence-electron chi connectivity index (χ4n) is 1.89. The zero-order valence-corrected chi connectivity index (χ0v) is 11.6. The molecule has 0 saturated carbocycles. The highest BCUT2D eigenvalue weighted by Gasteiger charge is 2.24. The molecule has 0 atom stereocenters. The van der Waals surface area contributed by atoms with Gasteiger partial charge in [-0.2, -0.15) is 0 Å². The van der Waals surface area contributed by atoms with Gasteiger partial charge in [-0.05, 0) is 6.07 Å². The molecule has 1 aromatic carbocycles. The maximum atomic E-state index is 12.0. The quantitative estimate of drug-likeness (QED) is 0.583. The molecule has 7 heteroatoms. The number of thiocarbonyl (C=S) groups is 1. The van der Waals surface area contributed by atoms with Crippen molar-refractivity contribution in [2.45, 2.75) is 6.54 Å². The first-order chi connectivity index (χ1) is 9.58.